The molecule has 0 saturated carbocycles. The fourth-order valence-corrected chi connectivity index (χ4v) is 1.53. The van der Waals surface area contributed by atoms with Crippen LogP contribution in [-0.2, 0) is 0 Å². The minimum Gasteiger partial charge on any atom is -0.360 e. The van der Waals surface area contributed by atoms with E-state index < -0.39 is 0 Å². The van der Waals surface area contributed by atoms with E-state index in [1.807, 2.05) is 25.1 Å². The standard InChI is InChI=1S/C11H11NO/c1-7-3-4-11-9(5-7)10(6-12-11)8(2)13/h3-6,12H,1-2H3. The molecule has 0 bridgehead atoms. The number of carbonyl (C=O) groups is 1. The second kappa shape index (κ2) is 2.73. The summed E-state index contributed by atoms with van der Waals surface area (Å²) in [7, 11) is 0. The Labute approximate surface area is 76.6 Å². The summed E-state index contributed by atoms with van der Waals surface area (Å²) in [5.41, 5.74) is 2.98. The number of ketones is 1. The molecule has 0 aliphatic carbocycles. The Bertz CT molecular complexity index is 468. The quantitative estimate of drug-likeness (QED) is 0.661. The van der Waals surface area contributed by atoms with Crippen LogP contribution in [0.1, 0.15) is 22.8 Å². The molecule has 2 heteroatoms. The number of hydrogen-bond acceptors (Lipinski definition) is 1. The molecular weight excluding hydrogens is 162 g/mol. The molecule has 0 aliphatic rings. The molecule has 13 heavy (non-hydrogen) atoms. The third-order valence-electron chi connectivity index (χ3n) is 2.22. The Morgan fingerprint density at radius 2 is 2.15 bits per heavy atom. The Morgan fingerprint density at radius 3 is 2.85 bits per heavy atom. The number of benzene rings is 1. The van der Waals surface area contributed by atoms with Crippen molar-refractivity contribution in [2.45, 2.75) is 13.8 Å². The van der Waals surface area contributed by atoms with Crippen molar-refractivity contribution in [3.8, 4) is 0 Å². The largest absolute Gasteiger partial charge is 0.360 e. The fraction of sp³-hybridized carbons (Fsp3) is 0.182. The van der Waals surface area contributed by atoms with Gasteiger partial charge in [-0.3, -0.25) is 4.79 Å². The van der Waals surface area contributed by atoms with Gasteiger partial charge in [0.15, 0.2) is 5.78 Å². The molecule has 0 spiro atoms. The van der Waals surface area contributed by atoms with E-state index in [1.165, 1.54) is 5.56 Å². The van der Waals surface area contributed by atoms with Crippen LogP contribution in [0.4, 0.5) is 0 Å². The van der Waals surface area contributed by atoms with E-state index in [0.717, 1.165) is 16.5 Å². The third-order valence-corrected chi connectivity index (χ3v) is 2.22. The molecule has 66 valence electrons. The van der Waals surface area contributed by atoms with Crippen molar-refractivity contribution in [3.63, 3.8) is 0 Å². The lowest BCUT2D eigenvalue weighted by Gasteiger charge is -1.94. The highest BCUT2D eigenvalue weighted by atomic mass is 16.1. The normalized spacial score (nSPS) is 10.6. The van der Waals surface area contributed by atoms with Gasteiger partial charge in [0.2, 0.25) is 0 Å². The molecule has 1 aromatic carbocycles. The maximum atomic E-state index is 11.2. The van der Waals surface area contributed by atoms with Crippen molar-refractivity contribution in [3.05, 3.63) is 35.5 Å². The molecule has 0 atom stereocenters. The molecule has 1 aromatic heterocycles. The van der Waals surface area contributed by atoms with Gasteiger partial charge in [0.05, 0.1) is 0 Å². The number of rotatable bonds is 1. The molecule has 0 saturated heterocycles. The first-order valence-electron chi connectivity index (χ1n) is 4.27. The van der Waals surface area contributed by atoms with E-state index in [0.29, 0.717) is 0 Å². The van der Waals surface area contributed by atoms with Crippen molar-refractivity contribution in [2.75, 3.05) is 0 Å². The van der Waals surface area contributed by atoms with Crippen molar-refractivity contribution < 1.29 is 4.79 Å². The summed E-state index contributed by atoms with van der Waals surface area (Å²) >= 11 is 0. The molecule has 0 radical (unpaired) electrons. The fourth-order valence-electron chi connectivity index (χ4n) is 1.53. The molecule has 0 unspecified atom stereocenters. The van der Waals surface area contributed by atoms with Crippen molar-refractivity contribution in [1.82, 2.24) is 4.98 Å². The number of aromatic nitrogens is 1. The number of H-pyrrole nitrogens is 1. The van der Waals surface area contributed by atoms with Crippen LogP contribution in [0.5, 0.6) is 0 Å². The van der Waals surface area contributed by atoms with Crippen LogP contribution in [0.15, 0.2) is 24.4 Å². The number of aromatic amines is 1. The summed E-state index contributed by atoms with van der Waals surface area (Å²) in [6.45, 7) is 3.61. The van der Waals surface area contributed by atoms with Crippen molar-refractivity contribution in [2.24, 2.45) is 0 Å². The van der Waals surface area contributed by atoms with E-state index >= 15 is 0 Å². The van der Waals surface area contributed by atoms with E-state index in [4.69, 9.17) is 0 Å². The predicted octanol–water partition coefficient (Wildman–Crippen LogP) is 2.68. The lowest BCUT2D eigenvalue weighted by Crippen LogP contribution is -1.88. The van der Waals surface area contributed by atoms with Gasteiger partial charge in [0.25, 0.3) is 0 Å². The molecular formula is C11H11NO. The number of aryl methyl sites for hydroxylation is 1. The monoisotopic (exact) mass is 173 g/mol. The van der Waals surface area contributed by atoms with Crippen LogP contribution in [0, 0.1) is 6.92 Å². The van der Waals surface area contributed by atoms with E-state index in [1.54, 1.807) is 13.1 Å². The van der Waals surface area contributed by atoms with Gasteiger partial charge < -0.3 is 4.98 Å². The van der Waals surface area contributed by atoms with Gasteiger partial charge >= 0.3 is 0 Å². The van der Waals surface area contributed by atoms with Crippen molar-refractivity contribution >= 4 is 16.7 Å². The van der Waals surface area contributed by atoms with Crippen LogP contribution < -0.4 is 0 Å². The summed E-state index contributed by atoms with van der Waals surface area (Å²) in [6.07, 6.45) is 1.77. The van der Waals surface area contributed by atoms with Gasteiger partial charge in [0.1, 0.15) is 0 Å². The molecule has 2 nitrogen and oxygen atoms in total. The number of carbonyl (C=O) groups excluding carboxylic acids is 1. The summed E-state index contributed by atoms with van der Waals surface area (Å²) in [5, 5.41) is 1.02. The van der Waals surface area contributed by atoms with Crippen molar-refractivity contribution in [1.29, 1.82) is 0 Å². The summed E-state index contributed by atoms with van der Waals surface area (Å²) in [4.78, 5) is 14.3. The summed E-state index contributed by atoms with van der Waals surface area (Å²) in [5.74, 6) is 0.108. The van der Waals surface area contributed by atoms with Gasteiger partial charge in [-0.15, -0.1) is 0 Å². The molecule has 1 N–H and O–H groups in total. The first-order chi connectivity index (χ1) is 6.18. The second-order valence-electron chi connectivity index (χ2n) is 3.31. The number of fused-ring (bicyclic) bond motifs is 1. The highest BCUT2D eigenvalue weighted by Crippen LogP contribution is 2.19. The zero-order chi connectivity index (χ0) is 9.42. The van der Waals surface area contributed by atoms with Crippen LogP contribution in [0.3, 0.4) is 0 Å². The zero-order valence-electron chi connectivity index (χ0n) is 7.72. The zero-order valence-corrected chi connectivity index (χ0v) is 7.72. The van der Waals surface area contributed by atoms with E-state index in [9.17, 15) is 4.79 Å². The van der Waals surface area contributed by atoms with Gasteiger partial charge in [-0.2, -0.15) is 0 Å². The molecule has 0 fully saturated rings. The molecule has 0 amide bonds. The van der Waals surface area contributed by atoms with E-state index in [2.05, 4.69) is 4.98 Å². The van der Waals surface area contributed by atoms with Crippen LogP contribution in [0.25, 0.3) is 10.9 Å². The van der Waals surface area contributed by atoms with Gasteiger partial charge in [0, 0.05) is 22.7 Å². The first kappa shape index (κ1) is 8.05. The summed E-state index contributed by atoms with van der Waals surface area (Å²) in [6, 6.07) is 6.06. The Balaban J connectivity index is 2.79. The SMILES string of the molecule is CC(=O)c1c[nH]c2ccc(C)cc12. The lowest BCUT2D eigenvalue weighted by molar-refractivity contribution is 0.101. The second-order valence-corrected chi connectivity index (χ2v) is 3.31. The predicted molar refractivity (Wildman–Crippen MR) is 53.0 cm³/mol. The Hall–Kier alpha value is -1.57. The average Bonchev–Trinajstić information content (AvgIpc) is 2.46. The van der Waals surface area contributed by atoms with E-state index in [-0.39, 0.29) is 5.78 Å². The number of Topliss-reactive ketones (excluding diaryl/α,β-unsaturated/α-hetero) is 1. The minimum absolute atomic E-state index is 0.108. The van der Waals surface area contributed by atoms with Gasteiger partial charge in [-0.25, -0.2) is 0 Å². The topological polar surface area (TPSA) is 32.9 Å². The number of nitrogens with one attached hydrogen (secondary N) is 1. The highest BCUT2D eigenvalue weighted by Gasteiger charge is 2.06. The molecule has 0 aliphatic heterocycles. The lowest BCUT2D eigenvalue weighted by atomic mass is 10.1. The van der Waals surface area contributed by atoms with Crippen LogP contribution in [-0.4, -0.2) is 10.8 Å². The highest BCUT2D eigenvalue weighted by molar-refractivity contribution is 6.06. The summed E-state index contributed by atoms with van der Waals surface area (Å²) < 4.78 is 0. The molecule has 1 heterocycles. The Kier molecular flexibility index (Phi) is 1.69. The van der Waals surface area contributed by atoms with Crippen LogP contribution >= 0.6 is 0 Å². The van der Waals surface area contributed by atoms with Gasteiger partial charge in [-0.1, -0.05) is 11.6 Å². The number of hydrogen-bond donors (Lipinski definition) is 1. The minimum atomic E-state index is 0.108. The third kappa shape index (κ3) is 1.24. The molecule has 2 aromatic rings. The Morgan fingerprint density at radius 1 is 1.38 bits per heavy atom. The average molecular weight is 173 g/mol. The van der Waals surface area contributed by atoms with Crippen LogP contribution in [0.2, 0.25) is 0 Å². The first-order valence-corrected chi connectivity index (χ1v) is 4.27. The van der Waals surface area contributed by atoms with Gasteiger partial charge in [-0.05, 0) is 26.0 Å². The molecule has 2 rings (SSSR count). The maximum absolute atomic E-state index is 11.2. The maximum Gasteiger partial charge on any atom is 0.161 e. The smallest absolute Gasteiger partial charge is 0.161 e.